The minimum atomic E-state index is -1.04. The third kappa shape index (κ3) is 28.4. The van der Waals surface area contributed by atoms with E-state index in [9.17, 15) is 80.5 Å². The summed E-state index contributed by atoms with van der Waals surface area (Å²) in [4.78, 5) is 42.8. The first-order chi connectivity index (χ1) is 55.7. The van der Waals surface area contributed by atoms with E-state index in [0.717, 1.165) is 67.5 Å². The number of carboxylic acids is 4. The maximum Gasteiger partial charge on any atom is 1.00 e. The molecule has 0 saturated heterocycles. The van der Waals surface area contributed by atoms with Crippen LogP contribution < -0.4 is 158 Å². The Hall–Kier alpha value is -5.16. The molecule has 0 radical (unpaired) electrons. The summed E-state index contributed by atoms with van der Waals surface area (Å²) < 4.78 is 24.8. The van der Waals surface area contributed by atoms with Crippen LogP contribution in [0.15, 0.2) is 121 Å². The number of fused-ring (bicyclic) bond motifs is 12. The molecule has 0 aromatic heterocycles. The van der Waals surface area contributed by atoms with E-state index < -0.39 is 72.7 Å². The summed E-state index contributed by atoms with van der Waals surface area (Å²) in [6, 6.07) is 23.8. The van der Waals surface area contributed by atoms with E-state index in [2.05, 4.69) is 47.4 Å². The zero-order valence-electron chi connectivity index (χ0n) is 72.0. The normalized spacial score (nSPS) is 26.0. The predicted octanol–water partition coefficient (Wildman–Crippen LogP) is -4.18. The maximum absolute atomic E-state index is 10.7. The van der Waals surface area contributed by atoms with Crippen molar-refractivity contribution in [2.75, 3.05) is 0 Å². The van der Waals surface area contributed by atoms with E-state index in [4.69, 9.17) is 18.9 Å². The number of aryl methyl sites for hydroxylation is 4. The molecule has 12 rings (SSSR count). The van der Waals surface area contributed by atoms with Gasteiger partial charge in [-0.05, 0) is 151 Å². The maximum atomic E-state index is 10.7. The Balaban J connectivity index is 0.000000282. The summed E-state index contributed by atoms with van der Waals surface area (Å²) in [5.41, 5.74) is 8.25. The molecular weight excluding hydrogens is 1560 g/mol. The summed E-state index contributed by atoms with van der Waals surface area (Å²) in [7, 11) is 0. The number of aliphatic hydroxyl groups excluding tert-OH is 8. The molecule has 4 heterocycles. The van der Waals surface area contributed by atoms with E-state index >= 15 is 0 Å². The first-order valence-corrected chi connectivity index (χ1v) is 41.4. The Labute approximate surface area is 797 Å². The van der Waals surface area contributed by atoms with Gasteiger partial charge in [-0.2, -0.15) is 0 Å². The summed E-state index contributed by atoms with van der Waals surface area (Å²) in [5, 5.41) is 127. The van der Waals surface area contributed by atoms with Crippen molar-refractivity contribution < 1.29 is 218 Å². The molecule has 4 aromatic carbocycles. The molecule has 624 valence electrons. The van der Waals surface area contributed by atoms with Crippen molar-refractivity contribution in [3.63, 3.8) is 0 Å². The van der Waals surface area contributed by atoms with Crippen LogP contribution in [0.4, 0.5) is 0 Å². The molecule has 4 aromatic rings. The van der Waals surface area contributed by atoms with Crippen LogP contribution in [-0.2, 0) is 44.9 Å². The van der Waals surface area contributed by atoms with Crippen LogP contribution in [0.1, 0.15) is 226 Å². The fourth-order valence-electron chi connectivity index (χ4n) is 17.6. The Morgan fingerprint density at radius 2 is 0.550 bits per heavy atom. The number of aliphatic carboxylic acids is 4. The zero-order valence-corrected chi connectivity index (χ0v) is 80.0. The fraction of sp³-hybridized carbons (Fsp3) is 0.542. The van der Waals surface area contributed by atoms with Gasteiger partial charge in [-0.25, -0.2) is 0 Å². The molecule has 24 heteroatoms. The number of carbonyl (C=O) groups excluding carboxylic acids is 4. The van der Waals surface area contributed by atoms with E-state index in [1.807, 2.05) is 125 Å². The molecule has 8 aliphatic rings. The van der Waals surface area contributed by atoms with Crippen molar-refractivity contribution in [2.45, 2.75) is 281 Å². The second kappa shape index (κ2) is 52.1. The van der Waals surface area contributed by atoms with Crippen molar-refractivity contribution in [2.24, 2.45) is 47.3 Å². The number of carbonyl (C=O) groups is 4. The van der Waals surface area contributed by atoms with Crippen LogP contribution in [0.5, 0.6) is 23.0 Å². The Bertz CT molecular complexity index is 3850. The van der Waals surface area contributed by atoms with Crippen LogP contribution in [0.25, 0.3) is 0 Å². The van der Waals surface area contributed by atoms with Gasteiger partial charge in [0.1, 0.15) is 47.4 Å². The summed E-state index contributed by atoms with van der Waals surface area (Å²) in [5.74, 6) is 22.3. The van der Waals surface area contributed by atoms with E-state index in [1.165, 1.54) is 0 Å². The molecule has 4 aliphatic heterocycles. The Morgan fingerprint density at radius 1 is 0.358 bits per heavy atom. The molecule has 8 N–H and O–H groups in total. The summed E-state index contributed by atoms with van der Waals surface area (Å²) in [6.45, 7) is 15.0. The third-order valence-corrected chi connectivity index (χ3v) is 24.1. The van der Waals surface area contributed by atoms with Gasteiger partial charge in [0.25, 0.3) is 0 Å². The molecule has 4 aliphatic carbocycles. The molecule has 0 bridgehead atoms. The number of para-hydroxylation sites is 4. The first kappa shape index (κ1) is 105. The molecule has 0 unspecified atom stereocenters. The fourth-order valence-corrected chi connectivity index (χ4v) is 17.6. The largest absolute Gasteiger partial charge is 1.00 e. The molecule has 20 nitrogen and oxygen atoms in total. The van der Waals surface area contributed by atoms with Crippen molar-refractivity contribution in [3.05, 3.63) is 166 Å². The van der Waals surface area contributed by atoms with Gasteiger partial charge in [0.2, 0.25) is 0 Å². The quantitative estimate of drug-likeness (QED) is 0.0131. The van der Waals surface area contributed by atoms with Gasteiger partial charge in [0.15, 0.2) is 0 Å². The molecule has 24 atom stereocenters. The van der Waals surface area contributed by atoms with E-state index in [1.54, 1.807) is 52.0 Å². The van der Waals surface area contributed by atoms with Crippen LogP contribution in [0.2, 0.25) is 0 Å². The van der Waals surface area contributed by atoms with Gasteiger partial charge in [0.05, 0.1) is 48.8 Å². The Morgan fingerprint density at radius 3 is 0.725 bits per heavy atom. The minimum Gasteiger partial charge on any atom is -0.550 e. The molecule has 4 saturated carbocycles. The van der Waals surface area contributed by atoms with Gasteiger partial charge < -0.3 is 99.4 Å². The second-order valence-electron chi connectivity index (χ2n) is 32.4. The van der Waals surface area contributed by atoms with Crippen molar-refractivity contribution in [3.8, 4) is 70.4 Å². The number of hydrogen-bond acceptors (Lipinski definition) is 20. The first-order valence-electron chi connectivity index (χ1n) is 41.4. The average Bonchev–Trinajstić information content (AvgIpc) is 1.62. The number of rotatable bonds is 32. The van der Waals surface area contributed by atoms with Crippen LogP contribution in [0, 0.1) is 94.7 Å². The number of carboxylic acid groups (broad SMARTS) is 4. The summed E-state index contributed by atoms with van der Waals surface area (Å²) in [6.07, 6.45) is 19.2. The minimum absolute atomic E-state index is 0. The molecular formula is C96H116Na4O20. The Kier molecular flexibility index (Phi) is 45.7. The predicted molar refractivity (Wildman–Crippen MR) is 432 cm³/mol. The van der Waals surface area contributed by atoms with Crippen molar-refractivity contribution in [1.29, 1.82) is 0 Å². The topological polar surface area (TPSA) is 359 Å². The van der Waals surface area contributed by atoms with Gasteiger partial charge >= 0.3 is 118 Å². The van der Waals surface area contributed by atoms with Gasteiger partial charge in [0, 0.05) is 145 Å². The molecule has 0 amide bonds. The van der Waals surface area contributed by atoms with Crippen LogP contribution in [0.3, 0.4) is 0 Å². The van der Waals surface area contributed by atoms with Gasteiger partial charge in [-0.1, -0.05) is 149 Å². The zero-order chi connectivity index (χ0) is 83.9. The molecule has 0 spiro atoms. The standard InChI is InChI=1S/4C24H30O5.4Na/c4*1-3-4-7-15(2)19(25)13-12-17-20(26)14-21-23(17)18-10-5-8-16(24(18)29-21)9-6-11-22(27)28;;;;/h4*5,8,10,12-13,15,17,19-21,23,25-26H,6-7,9,11,14H2,1-2H3,(H,27,28);;;;/q;;;;4*+1/p-4/b4*13-12+;;;;/t2*15-,17+,19+,20-,21+,23+;2*15-,17-,19-,20+,21-,23-;;;;/m1010..../s1. The van der Waals surface area contributed by atoms with Crippen LogP contribution >= 0.6 is 0 Å². The van der Waals surface area contributed by atoms with Crippen molar-refractivity contribution >= 4 is 23.9 Å². The van der Waals surface area contributed by atoms with E-state index in [0.29, 0.717) is 103 Å². The summed E-state index contributed by atoms with van der Waals surface area (Å²) >= 11 is 0. The number of aliphatic hydroxyl groups is 8. The van der Waals surface area contributed by atoms with E-state index in [-0.39, 0.29) is 239 Å². The van der Waals surface area contributed by atoms with Gasteiger partial charge in [-0.15, -0.1) is 47.4 Å². The van der Waals surface area contributed by atoms with Crippen molar-refractivity contribution in [1.82, 2.24) is 0 Å². The molecule has 4 fully saturated rings. The van der Waals surface area contributed by atoms with Gasteiger partial charge in [-0.3, -0.25) is 0 Å². The smallest absolute Gasteiger partial charge is 0.550 e. The monoisotopic (exact) mass is 1680 g/mol. The number of ether oxygens (including phenoxy) is 4. The SMILES string of the molecule is CC#CC[C@@H](C)[C@@H](O)/C=C/[C@@H]1[C@H]2c3cccc(CCCC(=O)[O-])c3O[C@H]2C[C@H]1O.CC#CC[C@@H](C)[C@H](O)/C=C/[C@H]1[C@@H]2c3cccc(CCCC(=O)[O-])c3O[C@@H]2C[C@@H]1O.CC#CC[C@H](C)[C@@H](O)/C=C/[C@@H]1[C@H]2c3cccc(CCCC(=O)[O-])c3O[C@H]2C[C@H]1O.CC#CC[C@H](C)[C@H](O)/C=C/[C@H]1[C@@H]2c3cccc(CCCC(=O)[O-])c3O[C@@H]2C[C@@H]1O.[Na+].[Na+].[Na+].[Na+]. The number of benzene rings is 4. The molecule has 120 heavy (non-hydrogen) atoms. The average molecular weight is 1680 g/mol. The third-order valence-electron chi connectivity index (χ3n) is 24.1. The number of hydrogen-bond donors (Lipinski definition) is 8. The second-order valence-corrected chi connectivity index (χ2v) is 32.4. The van der Waals surface area contributed by atoms with Crippen LogP contribution in [-0.4, -0.2) is 138 Å².